The molecule has 7 unspecified atom stereocenters. The molecule has 3 nitrogen and oxygen atoms in total. The number of carbonyl (C=O) groups is 2. The van der Waals surface area contributed by atoms with E-state index in [-0.39, 0.29) is 16.9 Å². The van der Waals surface area contributed by atoms with E-state index in [4.69, 9.17) is 0 Å². The van der Waals surface area contributed by atoms with Crippen molar-refractivity contribution in [3.05, 3.63) is 12.2 Å². The number of carbonyl (C=O) groups excluding carboxylic acids is 2. The van der Waals surface area contributed by atoms with E-state index >= 15 is 0 Å². The van der Waals surface area contributed by atoms with E-state index < -0.39 is 0 Å². The average molecular weight is 389 g/mol. The second-order valence-electron chi connectivity index (χ2n) is 10.5. The maximum Gasteiger partial charge on any atom is 0.139 e. The van der Waals surface area contributed by atoms with Crippen molar-refractivity contribution >= 4 is 12.1 Å². The van der Waals surface area contributed by atoms with Gasteiger partial charge in [0, 0.05) is 18.3 Å². The third kappa shape index (κ3) is 3.76. The molecule has 0 amide bonds. The van der Waals surface area contributed by atoms with E-state index in [1.807, 2.05) is 6.92 Å². The quantitative estimate of drug-likeness (QED) is 0.379. The molecule has 0 bridgehead atoms. The highest BCUT2D eigenvalue weighted by Gasteiger charge is 2.57. The van der Waals surface area contributed by atoms with Crippen LogP contribution in [-0.4, -0.2) is 23.3 Å². The first-order chi connectivity index (χ1) is 13.2. The number of allylic oxidation sites excluding steroid dienone is 2. The number of Topliss-reactive ketones (excluding diaryl/α,β-unsaturated/α-hetero) is 1. The van der Waals surface area contributed by atoms with Gasteiger partial charge in [0.25, 0.3) is 0 Å². The van der Waals surface area contributed by atoms with Crippen LogP contribution in [0, 0.1) is 40.4 Å². The maximum atomic E-state index is 12.5. The molecule has 8 atom stereocenters. The van der Waals surface area contributed by atoms with E-state index in [1.165, 1.54) is 6.42 Å². The normalized spacial score (nSPS) is 45.2. The van der Waals surface area contributed by atoms with Crippen LogP contribution in [0.2, 0.25) is 0 Å². The standard InChI is InChI=1S/C25H40O3/c1-17-20-9-10-23(28)25(20,4)14-12-21(17)24(3)13-11-19(8-6-5-7-15-26)16-22(24)18(2)27/h6,8,15,17-22,27H,5,7,9-14,16H2,1-4H3/t17?,18?,19?,20?,21?,22?,24-,25?/m1/s1. The van der Waals surface area contributed by atoms with Gasteiger partial charge in [-0.1, -0.05) is 32.9 Å². The van der Waals surface area contributed by atoms with Crippen molar-refractivity contribution in [2.24, 2.45) is 40.4 Å². The van der Waals surface area contributed by atoms with Crippen LogP contribution in [-0.2, 0) is 9.59 Å². The Morgan fingerprint density at radius 1 is 1.14 bits per heavy atom. The Labute approximate surface area is 171 Å². The number of ketones is 1. The minimum atomic E-state index is -0.304. The summed E-state index contributed by atoms with van der Waals surface area (Å²) >= 11 is 0. The van der Waals surface area contributed by atoms with Gasteiger partial charge in [0.1, 0.15) is 12.1 Å². The molecule has 0 spiro atoms. The van der Waals surface area contributed by atoms with Crippen molar-refractivity contribution in [3.8, 4) is 0 Å². The topological polar surface area (TPSA) is 54.4 Å². The lowest BCUT2D eigenvalue weighted by Gasteiger charge is -2.56. The van der Waals surface area contributed by atoms with Gasteiger partial charge in [-0.15, -0.1) is 0 Å². The summed E-state index contributed by atoms with van der Waals surface area (Å²) in [5.74, 6) is 2.97. The number of fused-ring (bicyclic) bond motifs is 1. The van der Waals surface area contributed by atoms with E-state index in [0.29, 0.717) is 41.8 Å². The maximum absolute atomic E-state index is 12.5. The number of aliphatic hydroxyl groups is 1. The van der Waals surface area contributed by atoms with E-state index in [0.717, 1.165) is 51.2 Å². The SMILES string of the molecule is CC(O)C1CC(C=CCCC=O)CC[C@]1(C)C1CCC2(C)C(=O)CCC2C1C. The lowest BCUT2D eigenvalue weighted by Crippen LogP contribution is -2.51. The molecule has 0 aliphatic heterocycles. The van der Waals surface area contributed by atoms with Gasteiger partial charge in [-0.05, 0) is 86.9 Å². The van der Waals surface area contributed by atoms with E-state index in [9.17, 15) is 14.7 Å². The summed E-state index contributed by atoms with van der Waals surface area (Å²) in [6.45, 7) is 9.01. The van der Waals surface area contributed by atoms with Crippen molar-refractivity contribution in [1.29, 1.82) is 0 Å². The fourth-order valence-corrected chi connectivity index (χ4v) is 7.43. The van der Waals surface area contributed by atoms with Crippen molar-refractivity contribution < 1.29 is 14.7 Å². The zero-order chi connectivity index (χ0) is 20.5. The van der Waals surface area contributed by atoms with Crippen LogP contribution in [0.1, 0.15) is 85.5 Å². The predicted octanol–water partition coefficient (Wildman–Crippen LogP) is 5.36. The molecular formula is C25H40O3. The fourth-order valence-electron chi connectivity index (χ4n) is 7.43. The lowest BCUT2D eigenvalue weighted by atomic mass is 9.48. The molecule has 3 rings (SSSR count). The Kier molecular flexibility index (Phi) is 6.54. The summed E-state index contributed by atoms with van der Waals surface area (Å²) in [6.07, 6.45) is 13.9. The summed E-state index contributed by atoms with van der Waals surface area (Å²) in [6, 6.07) is 0. The zero-order valence-electron chi connectivity index (χ0n) is 18.3. The van der Waals surface area contributed by atoms with Crippen LogP contribution in [0.25, 0.3) is 0 Å². The molecule has 0 radical (unpaired) electrons. The molecule has 3 saturated carbocycles. The lowest BCUT2D eigenvalue weighted by molar-refractivity contribution is -0.135. The summed E-state index contributed by atoms with van der Waals surface area (Å²) in [7, 11) is 0. The Hall–Kier alpha value is -0.960. The van der Waals surface area contributed by atoms with Crippen molar-refractivity contribution in [3.63, 3.8) is 0 Å². The van der Waals surface area contributed by atoms with Crippen LogP contribution in [0.5, 0.6) is 0 Å². The van der Waals surface area contributed by atoms with Crippen LogP contribution in [0.3, 0.4) is 0 Å². The minimum Gasteiger partial charge on any atom is -0.393 e. The summed E-state index contributed by atoms with van der Waals surface area (Å²) in [4.78, 5) is 23.1. The van der Waals surface area contributed by atoms with Crippen molar-refractivity contribution in [2.75, 3.05) is 0 Å². The smallest absolute Gasteiger partial charge is 0.139 e. The molecule has 1 N–H and O–H groups in total. The number of aliphatic hydroxyl groups excluding tert-OH is 1. The van der Waals surface area contributed by atoms with Crippen LogP contribution in [0.4, 0.5) is 0 Å². The monoisotopic (exact) mass is 388 g/mol. The molecule has 0 aromatic carbocycles. The highest BCUT2D eigenvalue weighted by molar-refractivity contribution is 5.87. The van der Waals surface area contributed by atoms with Crippen LogP contribution >= 0.6 is 0 Å². The number of unbranched alkanes of at least 4 members (excludes halogenated alkanes) is 1. The van der Waals surface area contributed by atoms with Gasteiger partial charge in [-0.2, -0.15) is 0 Å². The Balaban J connectivity index is 1.76. The Morgan fingerprint density at radius 2 is 1.89 bits per heavy atom. The molecule has 3 heteroatoms. The summed E-state index contributed by atoms with van der Waals surface area (Å²) in [5.41, 5.74) is 0.0544. The number of rotatable bonds is 6. The number of aldehydes is 1. The molecule has 28 heavy (non-hydrogen) atoms. The molecule has 3 aliphatic rings. The van der Waals surface area contributed by atoms with Gasteiger partial charge in [0.05, 0.1) is 6.10 Å². The van der Waals surface area contributed by atoms with Crippen LogP contribution in [0.15, 0.2) is 12.2 Å². The number of hydrogen-bond donors (Lipinski definition) is 1. The Morgan fingerprint density at radius 3 is 2.57 bits per heavy atom. The van der Waals surface area contributed by atoms with Gasteiger partial charge < -0.3 is 9.90 Å². The second-order valence-corrected chi connectivity index (χ2v) is 10.5. The van der Waals surface area contributed by atoms with Crippen molar-refractivity contribution in [2.45, 2.75) is 91.6 Å². The first-order valence-corrected chi connectivity index (χ1v) is 11.6. The van der Waals surface area contributed by atoms with Crippen molar-refractivity contribution in [1.82, 2.24) is 0 Å². The fraction of sp³-hybridized carbons (Fsp3) is 0.840. The largest absolute Gasteiger partial charge is 0.393 e. The van der Waals surface area contributed by atoms with Gasteiger partial charge in [-0.3, -0.25) is 4.79 Å². The van der Waals surface area contributed by atoms with Gasteiger partial charge in [-0.25, -0.2) is 0 Å². The van der Waals surface area contributed by atoms with Gasteiger partial charge >= 0.3 is 0 Å². The minimum absolute atomic E-state index is 0.0921. The third-order valence-corrected chi connectivity index (χ3v) is 9.13. The van der Waals surface area contributed by atoms with Crippen LogP contribution < -0.4 is 0 Å². The molecule has 0 heterocycles. The Bertz CT molecular complexity index is 609. The molecule has 0 aromatic rings. The first kappa shape index (κ1) is 21.7. The molecule has 158 valence electrons. The van der Waals surface area contributed by atoms with Gasteiger partial charge in [0.2, 0.25) is 0 Å². The average Bonchev–Trinajstić information content (AvgIpc) is 2.96. The molecule has 0 aromatic heterocycles. The predicted molar refractivity (Wildman–Crippen MR) is 113 cm³/mol. The van der Waals surface area contributed by atoms with E-state index in [1.54, 1.807) is 0 Å². The second kappa shape index (κ2) is 8.42. The first-order valence-electron chi connectivity index (χ1n) is 11.6. The zero-order valence-corrected chi connectivity index (χ0v) is 18.3. The molecule has 3 fully saturated rings. The highest BCUT2D eigenvalue weighted by Crippen LogP contribution is 2.62. The molecular weight excluding hydrogens is 348 g/mol. The molecule has 3 aliphatic carbocycles. The van der Waals surface area contributed by atoms with E-state index in [2.05, 4.69) is 32.9 Å². The number of hydrogen-bond acceptors (Lipinski definition) is 3. The molecule has 0 saturated heterocycles. The third-order valence-electron chi connectivity index (χ3n) is 9.13. The summed E-state index contributed by atoms with van der Waals surface area (Å²) < 4.78 is 0. The van der Waals surface area contributed by atoms with Gasteiger partial charge in [0.15, 0.2) is 0 Å². The summed E-state index contributed by atoms with van der Waals surface area (Å²) in [5, 5.41) is 10.7. The highest BCUT2D eigenvalue weighted by atomic mass is 16.3.